The summed E-state index contributed by atoms with van der Waals surface area (Å²) < 4.78 is 7.24. The van der Waals surface area contributed by atoms with Crippen LogP contribution in [0.15, 0.2) is 42.7 Å². The Bertz CT molecular complexity index is 1040. The minimum atomic E-state index is -0.573. The maximum Gasteiger partial charge on any atom is 0.257 e. The van der Waals surface area contributed by atoms with Gasteiger partial charge < -0.3 is 9.30 Å². The van der Waals surface area contributed by atoms with E-state index in [9.17, 15) is 9.59 Å². The summed E-state index contributed by atoms with van der Waals surface area (Å²) in [6.07, 6.45) is 1.78. The van der Waals surface area contributed by atoms with Crippen LogP contribution in [-0.4, -0.2) is 28.0 Å². The fourth-order valence-corrected chi connectivity index (χ4v) is 3.49. The third kappa shape index (κ3) is 2.87. The van der Waals surface area contributed by atoms with Crippen molar-refractivity contribution in [2.24, 2.45) is 0 Å². The molecule has 0 saturated carbocycles. The van der Waals surface area contributed by atoms with Crippen LogP contribution in [0.25, 0.3) is 11.0 Å². The number of imidazole rings is 1. The molecule has 1 saturated heterocycles. The van der Waals surface area contributed by atoms with Crippen LogP contribution < -0.4 is 9.64 Å². The van der Waals surface area contributed by atoms with E-state index in [2.05, 4.69) is 4.98 Å². The van der Waals surface area contributed by atoms with Crippen LogP contribution in [0, 0.1) is 13.8 Å². The van der Waals surface area contributed by atoms with Gasteiger partial charge in [0, 0.05) is 0 Å². The first-order valence-corrected chi connectivity index (χ1v) is 9.03. The Morgan fingerprint density at radius 2 is 1.81 bits per heavy atom. The lowest BCUT2D eigenvalue weighted by Crippen LogP contribution is -2.31. The number of carbonyl (C=O) groups excluding carboxylic acids is 2. The molecular weight excluding hydrogens is 342 g/mol. The molecule has 0 unspecified atom stereocenters. The zero-order chi connectivity index (χ0) is 19.1. The van der Waals surface area contributed by atoms with Gasteiger partial charge in [-0.2, -0.15) is 0 Å². The van der Waals surface area contributed by atoms with Gasteiger partial charge in [-0.3, -0.25) is 9.59 Å². The quantitative estimate of drug-likeness (QED) is 0.665. The van der Waals surface area contributed by atoms with Gasteiger partial charge in [-0.05, 0) is 68.3 Å². The number of amides is 2. The normalized spacial score (nSPS) is 17.1. The Morgan fingerprint density at radius 1 is 1.11 bits per heavy atom. The van der Waals surface area contributed by atoms with E-state index in [1.54, 1.807) is 30.6 Å². The molecule has 1 aliphatic heterocycles. The number of imide groups is 1. The van der Waals surface area contributed by atoms with Crippen molar-refractivity contribution in [2.75, 3.05) is 11.5 Å². The summed E-state index contributed by atoms with van der Waals surface area (Å²) in [5.41, 5.74) is 4.55. The second kappa shape index (κ2) is 6.54. The minimum absolute atomic E-state index is 0.129. The first-order chi connectivity index (χ1) is 13.0. The van der Waals surface area contributed by atoms with Crippen LogP contribution in [0.5, 0.6) is 5.75 Å². The lowest BCUT2D eigenvalue weighted by Gasteiger charge is -2.16. The fraction of sp³-hybridized carbons (Fsp3) is 0.286. The van der Waals surface area contributed by atoms with Crippen molar-refractivity contribution in [3.63, 3.8) is 0 Å². The molecule has 138 valence electrons. The van der Waals surface area contributed by atoms with Crippen molar-refractivity contribution in [1.29, 1.82) is 0 Å². The SMILES string of the molecule is CCOc1ccc(N2C(=O)C[C@@H](n3cnc4cc(C)c(C)cc43)C2=O)cc1. The highest BCUT2D eigenvalue weighted by Crippen LogP contribution is 2.33. The number of anilines is 1. The maximum atomic E-state index is 13.0. The first-order valence-electron chi connectivity index (χ1n) is 9.03. The highest BCUT2D eigenvalue weighted by atomic mass is 16.5. The molecule has 2 heterocycles. The largest absolute Gasteiger partial charge is 0.494 e. The summed E-state index contributed by atoms with van der Waals surface area (Å²) >= 11 is 0. The Labute approximate surface area is 157 Å². The molecule has 0 aliphatic carbocycles. The van der Waals surface area contributed by atoms with Gasteiger partial charge in [0.2, 0.25) is 5.91 Å². The summed E-state index contributed by atoms with van der Waals surface area (Å²) in [5.74, 6) is 0.268. The molecule has 1 atom stereocenters. The van der Waals surface area contributed by atoms with E-state index in [0.29, 0.717) is 18.0 Å². The van der Waals surface area contributed by atoms with Crippen molar-refractivity contribution in [3.8, 4) is 5.75 Å². The summed E-state index contributed by atoms with van der Waals surface area (Å²) in [6, 6.07) is 10.5. The zero-order valence-corrected chi connectivity index (χ0v) is 15.6. The Hall–Kier alpha value is -3.15. The highest BCUT2D eigenvalue weighted by molar-refractivity contribution is 6.21. The van der Waals surface area contributed by atoms with Gasteiger partial charge in [0.15, 0.2) is 0 Å². The number of carbonyl (C=O) groups is 2. The molecule has 0 N–H and O–H groups in total. The van der Waals surface area contributed by atoms with Gasteiger partial charge in [-0.15, -0.1) is 0 Å². The van der Waals surface area contributed by atoms with E-state index < -0.39 is 6.04 Å². The molecule has 0 bridgehead atoms. The van der Waals surface area contributed by atoms with E-state index in [-0.39, 0.29) is 18.2 Å². The van der Waals surface area contributed by atoms with Crippen molar-refractivity contribution in [3.05, 3.63) is 53.9 Å². The highest BCUT2D eigenvalue weighted by Gasteiger charge is 2.41. The van der Waals surface area contributed by atoms with E-state index in [1.807, 2.05) is 37.5 Å². The lowest BCUT2D eigenvalue weighted by molar-refractivity contribution is -0.122. The minimum Gasteiger partial charge on any atom is -0.494 e. The molecular formula is C21H21N3O3. The van der Waals surface area contributed by atoms with Gasteiger partial charge in [-0.1, -0.05) is 0 Å². The molecule has 1 fully saturated rings. The number of ether oxygens (including phenoxy) is 1. The van der Waals surface area contributed by atoms with E-state index >= 15 is 0 Å². The predicted octanol–water partition coefficient (Wildman–Crippen LogP) is 3.56. The van der Waals surface area contributed by atoms with Gasteiger partial charge in [0.25, 0.3) is 5.91 Å². The van der Waals surface area contributed by atoms with Gasteiger partial charge in [0.1, 0.15) is 11.8 Å². The van der Waals surface area contributed by atoms with E-state index in [1.165, 1.54) is 4.90 Å². The number of benzene rings is 2. The predicted molar refractivity (Wildman–Crippen MR) is 103 cm³/mol. The van der Waals surface area contributed by atoms with Crippen molar-refractivity contribution in [2.45, 2.75) is 33.2 Å². The molecule has 4 rings (SSSR count). The van der Waals surface area contributed by atoms with Crippen LogP contribution >= 0.6 is 0 Å². The molecule has 2 aromatic carbocycles. The molecule has 0 spiro atoms. The molecule has 2 amide bonds. The molecule has 1 aromatic heterocycles. The van der Waals surface area contributed by atoms with E-state index in [4.69, 9.17) is 4.74 Å². The number of rotatable bonds is 4. The second-order valence-corrected chi connectivity index (χ2v) is 6.79. The van der Waals surface area contributed by atoms with Crippen molar-refractivity contribution >= 4 is 28.5 Å². The van der Waals surface area contributed by atoms with Crippen LogP contribution in [0.2, 0.25) is 0 Å². The summed E-state index contributed by atoms with van der Waals surface area (Å²) in [4.78, 5) is 31.3. The summed E-state index contributed by atoms with van der Waals surface area (Å²) in [5, 5.41) is 0. The average molecular weight is 363 g/mol. The number of hydrogen-bond acceptors (Lipinski definition) is 4. The lowest BCUT2D eigenvalue weighted by atomic mass is 10.1. The van der Waals surface area contributed by atoms with Crippen molar-refractivity contribution < 1.29 is 14.3 Å². The third-order valence-electron chi connectivity index (χ3n) is 5.05. The average Bonchev–Trinajstić information content (AvgIpc) is 3.17. The number of aromatic nitrogens is 2. The molecule has 6 nitrogen and oxygen atoms in total. The molecule has 0 radical (unpaired) electrons. The molecule has 3 aromatic rings. The van der Waals surface area contributed by atoms with Gasteiger partial charge in [-0.25, -0.2) is 9.88 Å². The summed E-state index contributed by atoms with van der Waals surface area (Å²) in [7, 11) is 0. The number of nitrogens with zero attached hydrogens (tertiary/aromatic N) is 3. The van der Waals surface area contributed by atoms with Crippen molar-refractivity contribution in [1.82, 2.24) is 9.55 Å². The Balaban J connectivity index is 1.68. The Morgan fingerprint density at radius 3 is 2.52 bits per heavy atom. The third-order valence-corrected chi connectivity index (χ3v) is 5.05. The first kappa shape index (κ1) is 17.3. The molecule has 27 heavy (non-hydrogen) atoms. The number of fused-ring (bicyclic) bond motifs is 1. The maximum absolute atomic E-state index is 13.0. The van der Waals surface area contributed by atoms with Crippen LogP contribution in [0.4, 0.5) is 5.69 Å². The van der Waals surface area contributed by atoms with Crippen LogP contribution in [0.1, 0.15) is 30.5 Å². The zero-order valence-electron chi connectivity index (χ0n) is 15.6. The number of aryl methyl sites for hydroxylation is 2. The van der Waals surface area contributed by atoms with Gasteiger partial charge >= 0.3 is 0 Å². The topological polar surface area (TPSA) is 64.4 Å². The number of hydrogen-bond donors (Lipinski definition) is 0. The monoisotopic (exact) mass is 363 g/mol. The van der Waals surface area contributed by atoms with Crippen LogP contribution in [-0.2, 0) is 9.59 Å². The van der Waals surface area contributed by atoms with E-state index in [0.717, 1.165) is 22.2 Å². The molecule has 6 heteroatoms. The smallest absolute Gasteiger partial charge is 0.257 e. The van der Waals surface area contributed by atoms with Gasteiger partial charge in [0.05, 0.1) is 36.1 Å². The second-order valence-electron chi connectivity index (χ2n) is 6.79. The molecule has 1 aliphatic rings. The summed E-state index contributed by atoms with van der Waals surface area (Å²) in [6.45, 7) is 6.53. The van der Waals surface area contributed by atoms with Crippen LogP contribution in [0.3, 0.4) is 0 Å². The fourth-order valence-electron chi connectivity index (χ4n) is 3.49. The standard InChI is InChI=1S/C21H21N3O3/c1-4-27-16-7-5-15(6-8-16)24-20(25)11-19(21(24)26)23-12-22-17-9-13(2)14(3)10-18(17)23/h5-10,12,19H,4,11H2,1-3H3/t19-/m1/s1. The Kier molecular flexibility index (Phi) is 4.18.